The third kappa shape index (κ3) is 8.72. The first-order chi connectivity index (χ1) is 12.7. The summed E-state index contributed by atoms with van der Waals surface area (Å²) in [6.45, 7) is 7.19. The molecule has 0 aliphatic carbocycles. The van der Waals surface area contributed by atoms with Crippen molar-refractivity contribution in [3.05, 3.63) is 70.2 Å². The van der Waals surface area contributed by atoms with Crippen LogP contribution >= 0.6 is 11.6 Å². The first-order valence-electron chi connectivity index (χ1n) is 9.15. The third-order valence-corrected chi connectivity index (χ3v) is 6.58. The lowest BCUT2D eigenvalue weighted by Crippen LogP contribution is -2.07. The van der Waals surface area contributed by atoms with E-state index in [1.165, 1.54) is 25.0 Å². The first kappa shape index (κ1) is 23.4. The molecule has 3 rings (SSSR count). The van der Waals surface area contributed by atoms with E-state index in [1.807, 2.05) is 55.5 Å². The predicted molar refractivity (Wildman–Crippen MR) is 114 cm³/mol. The van der Waals surface area contributed by atoms with Crippen LogP contribution in [0, 0.1) is 6.92 Å². The molecule has 1 heterocycles. The molecule has 2 aromatic rings. The SMILES string of the molecule is CC(C)=O.CCc1ccc(Cl)cc1.Cc1ccc(C2CCCS2(=O)=O)cc1. The number of hydrogen-bond donors (Lipinski definition) is 0. The number of sulfone groups is 1. The van der Waals surface area contributed by atoms with E-state index in [-0.39, 0.29) is 11.0 Å². The van der Waals surface area contributed by atoms with E-state index in [9.17, 15) is 13.2 Å². The zero-order valence-corrected chi connectivity index (χ0v) is 18.1. The lowest BCUT2D eigenvalue weighted by atomic mass is 10.1. The van der Waals surface area contributed by atoms with Crippen LogP contribution in [0.1, 0.15) is 55.6 Å². The number of aryl methyl sites for hydroxylation is 2. The van der Waals surface area contributed by atoms with Gasteiger partial charge in [0.25, 0.3) is 0 Å². The molecule has 0 saturated carbocycles. The van der Waals surface area contributed by atoms with E-state index in [2.05, 4.69) is 6.92 Å². The number of ketones is 1. The van der Waals surface area contributed by atoms with Crippen molar-refractivity contribution in [1.82, 2.24) is 0 Å². The van der Waals surface area contributed by atoms with Crippen LogP contribution in [-0.4, -0.2) is 20.0 Å². The molecule has 5 heteroatoms. The van der Waals surface area contributed by atoms with Gasteiger partial charge in [-0.3, -0.25) is 0 Å². The largest absolute Gasteiger partial charge is 0.300 e. The van der Waals surface area contributed by atoms with Crippen LogP contribution in [-0.2, 0) is 21.1 Å². The van der Waals surface area contributed by atoms with E-state index in [0.29, 0.717) is 5.75 Å². The molecule has 27 heavy (non-hydrogen) atoms. The second-order valence-corrected chi connectivity index (χ2v) is 9.54. The van der Waals surface area contributed by atoms with Crippen LogP contribution in [0.15, 0.2) is 48.5 Å². The Bertz CT molecular complexity index is 806. The minimum absolute atomic E-state index is 0.167. The summed E-state index contributed by atoms with van der Waals surface area (Å²) in [6.07, 6.45) is 2.67. The number of hydrogen-bond acceptors (Lipinski definition) is 3. The number of halogens is 1. The highest BCUT2D eigenvalue weighted by atomic mass is 35.5. The van der Waals surface area contributed by atoms with Crippen molar-refractivity contribution in [1.29, 1.82) is 0 Å². The van der Waals surface area contributed by atoms with Crippen LogP contribution in [0.2, 0.25) is 5.02 Å². The molecule has 0 aromatic heterocycles. The number of carbonyl (C=O) groups excluding carboxylic acids is 1. The van der Waals surface area contributed by atoms with Crippen LogP contribution in [0.5, 0.6) is 0 Å². The van der Waals surface area contributed by atoms with Crippen molar-refractivity contribution in [2.45, 2.75) is 52.2 Å². The second kappa shape index (κ2) is 11.3. The number of carbonyl (C=O) groups is 1. The van der Waals surface area contributed by atoms with Gasteiger partial charge >= 0.3 is 0 Å². The summed E-state index contributed by atoms with van der Waals surface area (Å²) in [4.78, 5) is 9.44. The summed E-state index contributed by atoms with van der Waals surface area (Å²) >= 11 is 5.67. The van der Waals surface area contributed by atoms with Crippen molar-refractivity contribution in [2.24, 2.45) is 0 Å². The number of rotatable bonds is 2. The lowest BCUT2D eigenvalue weighted by Gasteiger charge is -2.09. The van der Waals surface area contributed by atoms with E-state index in [1.54, 1.807) is 0 Å². The Morgan fingerprint density at radius 2 is 1.56 bits per heavy atom. The highest BCUT2D eigenvalue weighted by Gasteiger charge is 2.32. The maximum atomic E-state index is 11.6. The Hall–Kier alpha value is -1.65. The van der Waals surface area contributed by atoms with Crippen LogP contribution < -0.4 is 0 Å². The summed E-state index contributed by atoms with van der Waals surface area (Å²) in [7, 11) is -2.85. The molecule has 1 saturated heterocycles. The summed E-state index contributed by atoms with van der Waals surface area (Å²) in [6, 6.07) is 15.7. The van der Waals surface area contributed by atoms with Gasteiger partial charge in [0.1, 0.15) is 5.78 Å². The van der Waals surface area contributed by atoms with E-state index < -0.39 is 9.84 Å². The molecule has 148 valence electrons. The molecule has 1 aliphatic heterocycles. The number of Topliss-reactive ketones (excluding diaryl/α,β-unsaturated/α-hetero) is 1. The lowest BCUT2D eigenvalue weighted by molar-refractivity contribution is -0.114. The molecular formula is C22H29ClO3S. The summed E-state index contributed by atoms with van der Waals surface area (Å²) in [5.74, 6) is 0.519. The fraction of sp³-hybridized carbons (Fsp3) is 0.409. The van der Waals surface area contributed by atoms with Gasteiger partial charge in [0, 0.05) is 5.02 Å². The maximum absolute atomic E-state index is 11.6. The fourth-order valence-corrected chi connectivity index (χ4v) is 4.74. The first-order valence-corrected chi connectivity index (χ1v) is 11.2. The van der Waals surface area contributed by atoms with Crippen molar-refractivity contribution in [3.63, 3.8) is 0 Å². The van der Waals surface area contributed by atoms with Gasteiger partial charge in [-0.2, -0.15) is 0 Å². The van der Waals surface area contributed by atoms with Gasteiger partial charge in [-0.1, -0.05) is 60.5 Å². The number of benzene rings is 2. The Morgan fingerprint density at radius 1 is 1.04 bits per heavy atom. The molecule has 0 N–H and O–H groups in total. The molecule has 1 aliphatic rings. The van der Waals surface area contributed by atoms with Gasteiger partial charge < -0.3 is 4.79 Å². The zero-order valence-electron chi connectivity index (χ0n) is 16.5. The normalized spacial score (nSPS) is 17.1. The monoisotopic (exact) mass is 408 g/mol. The molecule has 0 spiro atoms. The van der Waals surface area contributed by atoms with Gasteiger partial charge in [0.2, 0.25) is 0 Å². The molecule has 1 atom stereocenters. The zero-order chi connectivity index (χ0) is 20.4. The molecule has 1 fully saturated rings. The molecule has 0 bridgehead atoms. The second-order valence-electron chi connectivity index (χ2n) is 6.80. The highest BCUT2D eigenvalue weighted by Crippen LogP contribution is 2.34. The Balaban J connectivity index is 0.000000241. The van der Waals surface area contributed by atoms with Crippen molar-refractivity contribution >= 4 is 27.2 Å². The summed E-state index contributed by atoms with van der Waals surface area (Å²) < 4.78 is 23.3. The average Bonchev–Trinajstić information content (AvgIpc) is 2.96. The summed E-state index contributed by atoms with van der Waals surface area (Å²) in [5, 5.41) is 0.565. The molecule has 1 unspecified atom stereocenters. The van der Waals surface area contributed by atoms with E-state index >= 15 is 0 Å². The minimum Gasteiger partial charge on any atom is -0.300 e. The fourth-order valence-electron chi connectivity index (χ4n) is 2.67. The topological polar surface area (TPSA) is 51.2 Å². The van der Waals surface area contributed by atoms with Gasteiger partial charge in [0.05, 0.1) is 11.0 Å². The predicted octanol–water partition coefficient (Wildman–Crippen LogP) is 5.74. The van der Waals surface area contributed by atoms with E-state index in [0.717, 1.165) is 29.8 Å². The van der Waals surface area contributed by atoms with Crippen molar-refractivity contribution < 1.29 is 13.2 Å². The Kier molecular flexibility index (Phi) is 9.75. The molecule has 0 radical (unpaired) electrons. The Labute approximate surface area is 168 Å². The molecule has 2 aromatic carbocycles. The highest BCUT2D eigenvalue weighted by molar-refractivity contribution is 7.91. The van der Waals surface area contributed by atoms with Crippen LogP contribution in [0.3, 0.4) is 0 Å². The average molecular weight is 409 g/mol. The van der Waals surface area contributed by atoms with Gasteiger partial charge in [0.15, 0.2) is 9.84 Å². The van der Waals surface area contributed by atoms with Crippen molar-refractivity contribution in [3.8, 4) is 0 Å². The van der Waals surface area contributed by atoms with Crippen molar-refractivity contribution in [2.75, 3.05) is 5.75 Å². The van der Waals surface area contributed by atoms with Crippen LogP contribution in [0.4, 0.5) is 0 Å². The van der Waals surface area contributed by atoms with Gasteiger partial charge in [-0.05, 0) is 63.3 Å². The summed E-state index contributed by atoms with van der Waals surface area (Å²) in [5.41, 5.74) is 3.46. The molecular weight excluding hydrogens is 380 g/mol. The molecule has 0 amide bonds. The van der Waals surface area contributed by atoms with Gasteiger partial charge in [-0.15, -0.1) is 0 Å². The van der Waals surface area contributed by atoms with E-state index in [4.69, 9.17) is 11.6 Å². The van der Waals surface area contributed by atoms with Gasteiger partial charge in [-0.25, -0.2) is 8.42 Å². The standard InChI is InChI=1S/C11H14O2S.C8H9Cl.C3H6O/c1-9-4-6-10(7-5-9)11-3-2-8-14(11,12)13;1-2-7-3-5-8(9)6-4-7;1-3(2)4/h4-7,11H,2-3,8H2,1H3;3-6H,2H2,1H3;1-2H3. The van der Waals surface area contributed by atoms with Crippen LogP contribution in [0.25, 0.3) is 0 Å². The quantitative estimate of drug-likeness (QED) is 0.636. The maximum Gasteiger partial charge on any atom is 0.157 e. The third-order valence-electron chi connectivity index (χ3n) is 4.10. The molecule has 3 nitrogen and oxygen atoms in total. The Morgan fingerprint density at radius 3 is 1.96 bits per heavy atom. The smallest absolute Gasteiger partial charge is 0.157 e. The minimum atomic E-state index is -2.85.